The van der Waals surface area contributed by atoms with E-state index in [1.807, 2.05) is 12.1 Å². The molecule has 2 heterocycles. The quantitative estimate of drug-likeness (QED) is 0.734. The number of hydrogen-bond donors (Lipinski definition) is 1. The molecule has 2 aromatic heterocycles. The third-order valence-corrected chi connectivity index (χ3v) is 2.06. The summed E-state index contributed by atoms with van der Waals surface area (Å²) in [4.78, 5) is 4.20. The average Bonchev–Trinajstić information content (AvgIpc) is 2.59. The first-order valence-corrected chi connectivity index (χ1v) is 4.37. The average molecular weight is 176 g/mol. The molecule has 0 aliphatic rings. The standard InChI is InChI=1S/C9H12N4/c1-2-7-5-9-11-4-3-8(6-10)13(9)12-7/h3-5H,2,6,10H2,1H3. The van der Waals surface area contributed by atoms with Crippen molar-refractivity contribution < 1.29 is 0 Å². The van der Waals surface area contributed by atoms with Crippen molar-refractivity contribution in [3.8, 4) is 0 Å². The lowest BCUT2D eigenvalue weighted by molar-refractivity contribution is 0.812. The molecule has 0 atom stereocenters. The van der Waals surface area contributed by atoms with Crippen LogP contribution in [0.1, 0.15) is 18.3 Å². The normalized spacial score (nSPS) is 10.9. The van der Waals surface area contributed by atoms with E-state index < -0.39 is 0 Å². The highest BCUT2D eigenvalue weighted by Crippen LogP contribution is 2.06. The van der Waals surface area contributed by atoms with Gasteiger partial charge in [0.05, 0.1) is 11.4 Å². The Bertz CT molecular complexity index is 418. The Morgan fingerprint density at radius 1 is 1.54 bits per heavy atom. The highest BCUT2D eigenvalue weighted by molar-refractivity contribution is 5.40. The van der Waals surface area contributed by atoms with Crippen molar-refractivity contribution in [2.45, 2.75) is 19.9 Å². The van der Waals surface area contributed by atoms with Crippen LogP contribution in [0.15, 0.2) is 18.3 Å². The molecule has 0 unspecified atom stereocenters. The van der Waals surface area contributed by atoms with E-state index >= 15 is 0 Å². The fourth-order valence-corrected chi connectivity index (χ4v) is 1.32. The summed E-state index contributed by atoms with van der Waals surface area (Å²) in [6.07, 6.45) is 2.69. The Kier molecular flexibility index (Phi) is 1.98. The van der Waals surface area contributed by atoms with Crippen LogP contribution < -0.4 is 5.73 Å². The highest BCUT2D eigenvalue weighted by Gasteiger charge is 2.03. The second-order valence-electron chi connectivity index (χ2n) is 2.90. The van der Waals surface area contributed by atoms with Crippen molar-refractivity contribution >= 4 is 5.65 Å². The van der Waals surface area contributed by atoms with E-state index in [9.17, 15) is 0 Å². The van der Waals surface area contributed by atoms with Crippen LogP contribution >= 0.6 is 0 Å². The summed E-state index contributed by atoms with van der Waals surface area (Å²) in [5, 5.41) is 4.38. The van der Waals surface area contributed by atoms with Crippen LogP contribution in [-0.2, 0) is 13.0 Å². The van der Waals surface area contributed by atoms with Crippen LogP contribution in [0.25, 0.3) is 5.65 Å². The van der Waals surface area contributed by atoms with Gasteiger partial charge in [0.1, 0.15) is 0 Å². The fraction of sp³-hybridized carbons (Fsp3) is 0.333. The zero-order chi connectivity index (χ0) is 9.26. The first-order chi connectivity index (χ1) is 6.35. The predicted molar refractivity (Wildman–Crippen MR) is 50.3 cm³/mol. The van der Waals surface area contributed by atoms with Crippen molar-refractivity contribution in [2.75, 3.05) is 0 Å². The van der Waals surface area contributed by atoms with E-state index in [1.54, 1.807) is 10.7 Å². The number of nitrogens with two attached hydrogens (primary N) is 1. The third-order valence-electron chi connectivity index (χ3n) is 2.06. The van der Waals surface area contributed by atoms with Crippen LogP contribution in [0.5, 0.6) is 0 Å². The minimum Gasteiger partial charge on any atom is -0.325 e. The van der Waals surface area contributed by atoms with Gasteiger partial charge in [0, 0.05) is 18.8 Å². The Labute approximate surface area is 76.4 Å². The molecule has 0 fully saturated rings. The zero-order valence-corrected chi connectivity index (χ0v) is 7.57. The second kappa shape index (κ2) is 3.14. The number of aryl methyl sites for hydroxylation is 1. The molecule has 0 aliphatic carbocycles. The number of rotatable bonds is 2. The molecule has 2 aromatic rings. The van der Waals surface area contributed by atoms with E-state index in [0.29, 0.717) is 6.54 Å². The van der Waals surface area contributed by atoms with E-state index in [-0.39, 0.29) is 0 Å². The van der Waals surface area contributed by atoms with Gasteiger partial charge in [-0.05, 0) is 12.5 Å². The summed E-state index contributed by atoms with van der Waals surface area (Å²) in [6.45, 7) is 2.56. The van der Waals surface area contributed by atoms with Gasteiger partial charge in [0.25, 0.3) is 0 Å². The topological polar surface area (TPSA) is 56.2 Å². The molecular formula is C9H12N4. The first-order valence-electron chi connectivity index (χ1n) is 4.37. The van der Waals surface area contributed by atoms with Crippen molar-refractivity contribution in [1.29, 1.82) is 0 Å². The van der Waals surface area contributed by atoms with Crippen LogP contribution in [0.3, 0.4) is 0 Å². The third kappa shape index (κ3) is 1.29. The monoisotopic (exact) mass is 176 g/mol. The first kappa shape index (κ1) is 8.19. The van der Waals surface area contributed by atoms with Gasteiger partial charge in [-0.15, -0.1) is 0 Å². The maximum atomic E-state index is 5.58. The van der Waals surface area contributed by atoms with Crippen molar-refractivity contribution in [1.82, 2.24) is 14.6 Å². The van der Waals surface area contributed by atoms with Crippen molar-refractivity contribution in [3.05, 3.63) is 29.7 Å². The summed E-state index contributed by atoms with van der Waals surface area (Å²) < 4.78 is 1.80. The molecule has 68 valence electrons. The summed E-state index contributed by atoms with van der Waals surface area (Å²) in [6, 6.07) is 3.87. The van der Waals surface area contributed by atoms with Gasteiger partial charge in [0.15, 0.2) is 5.65 Å². The van der Waals surface area contributed by atoms with E-state index in [0.717, 1.165) is 23.5 Å². The fourth-order valence-electron chi connectivity index (χ4n) is 1.32. The van der Waals surface area contributed by atoms with Crippen molar-refractivity contribution in [2.24, 2.45) is 5.73 Å². The lowest BCUT2D eigenvalue weighted by Crippen LogP contribution is -2.05. The van der Waals surface area contributed by atoms with E-state index in [1.165, 1.54) is 0 Å². The van der Waals surface area contributed by atoms with E-state index in [2.05, 4.69) is 17.0 Å². The molecule has 0 spiro atoms. The molecule has 0 aliphatic heterocycles. The molecule has 4 heteroatoms. The summed E-state index contributed by atoms with van der Waals surface area (Å²) >= 11 is 0. The zero-order valence-electron chi connectivity index (χ0n) is 7.57. The minimum atomic E-state index is 0.490. The molecule has 0 amide bonds. The van der Waals surface area contributed by atoms with Crippen LogP contribution in [0, 0.1) is 0 Å². The van der Waals surface area contributed by atoms with E-state index in [4.69, 9.17) is 5.73 Å². The summed E-state index contributed by atoms with van der Waals surface area (Å²) in [5.74, 6) is 0. The van der Waals surface area contributed by atoms with Crippen LogP contribution in [0.2, 0.25) is 0 Å². The summed E-state index contributed by atoms with van der Waals surface area (Å²) in [7, 11) is 0. The smallest absolute Gasteiger partial charge is 0.155 e. The van der Waals surface area contributed by atoms with Crippen LogP contribution in [0.4, 0.5) is 0 Å². The largest absolute Gasteiger partial charge is 0.325 e. The SMILES string of the molecule is CCc1cc2nccc(CN)n2n1. The molecule has 4 nitrogen and oxygen atoms in total. The highest BCUT2D eigenvalue weighted by atomic mass is 15.3. The molecule has 0 saturated heterocycles. The number of aromatic nitrogens is 3. The van der Waals surface area contributed by atoms with Gasteiger partial charge < -0.3 is 5.73 Å². The van der Waals surface area contributed by atoms with Gasteiger partial charge in [-0.3, -0.25) is 0 Å². The molecule has 0 bridgehead atoms. The van der Waals surface area contributed by atoms with Gasteiger partial charge in [-0.1, -0.05) is 6.92 Å². The molecule has 0 saturated carbocycles. The molecule has 0 radical (unpaired) electrons. The molecule has 0 aromatic carbocycles. The number of fused-ring (bicyclic) bond motifs is 1. The Balaban J connectivity index is 2.67. The predicted octanol–water partition coefficient (Wildman–Crippen LogP) is 0.750. The lowest BCUT2D eigenvalue weighted by Gasteiger charge is -1.98. The van der Waals surface area contributed by atoms with Crippen LogP contribution in [-0.4, -0.2) is 14.6 Å². The van der Waals surface area contributed by atoms with Crippen molar-refractivity contribution in [3.63, 3.8) is 0 Å². The van der Waals surface area contributed by atoms with Gasteiger partial charge in [0.2, 0.25) is 0 Å². The van der Waals surface area contributed by atoms with Gasteiger partial charge in [-0.2, -0.15) is 5.10 Å². The number of nitrogens with zero attached hydrogens (tertiary/aromatic N) is 3. The number of hydrogen-bond acceptors (Lipinski definition) is 3. The Morgan fingerprint density at radius 3 is 3.08 bits per heavy atom. The molecule has 2 N–H and O–H groups in total. The van der Waals surface area contributed by atoms with Gasteiger partial charge in [-0.25, -0.2) is 9.50 Å². The molecular weight excluding hydrogens is 164 g/mol. The Hall–Kier alpha value is -1.42. The second-order valence-corrected chi connectivity index (χ2v) is 2.90. The minimum absolute atomic E-state index is 0.490. The van der Waals surface area contributed by atoms with Gasteiger partial charge >= 0.3 is 0 Å². The lowest BCUT2D eigenvalue weighted by atomic mass is 10.3. The molecule has 13 heavy (non-hydrogen) atoms. The molecule has 2 rings (SSSR count). The maximum absolute atomic E-state index is 5.58. The summed E-state index contributed by atoms with van der Waals surface area (Å²) in [5.41, 5.74) is 8.49. The Morgan fingerprint density at radius 2 is 2.38 bits per heavy atom. The maximum Gasteiger partial charge on any atom is 0.155 e.